The molecule has 154 valence electrons. The maximum atomic E-state index is 13.0. The summed E-state index contributed by atoms with van der Waals surface area (Å²) < 4.78 is 27.1. The Balaban J connectivity index is 1.81. The number of benzene rings is 1. The number of phenolic OH excluding ortho intramolecular Hbond substituents is 1. The topological polar surface area (TPSA) is 119 Å². The molecular weight excluding hydrogens is 406 g/mol. The average molecular weight is 430 g/mol. The lowest BCUT2D eigenvalue weighted by Gasteiger charge is -2.29. The minimum atomic E-state index is -4.08. The van der Waals surface area contributed by atoms with Crippen LogP contribution in [-0.4, -0.2) is 54.2 Å². The van der Waals surface area contributed by atoms with E-state index in [-0.39, 0.29) is 29.8 Å². The van der Waals surface area contributed by atoms with Crippen LogP contribution in [0.3, 0.4) is 0 Å². The number of aliphatic hydroxyl groups is 1. The van der Waals surface area contributed by atoms with Gasteiger partial charge in [0.25, 0.3) is 0 Å². The van der Waals surface area contributed by atoms with Gasteiger partial charge in [-0.25, -0.2) is 13.2 Å². The summed E-state index contributed by atoms with van der Waals surface area (Å²) in [7, 11) is -4.08. The first-order valence-electron chi connectivity index (χ1n) is 9.14. The van der Waals surface area contributed by atoms with Crippen LogP contribution in [0.25, 0.3) is 0 Å². The van der Waals surface area contributed by atoms with Gasteiger partial charge in [-0.2, -0.15) is 4.31 Å². The molecule has 1 atom stereocenters. The molecule has 1 aromatic rings. The summed E-state index contributed by atoms with van der Waals surface area (Å²) in [6, 6.07) is 2.05. The van der Waals surface area contributed by atoms with Crippen LogP contribution in [-0.2, 0) is 10.0 Å². The lowest BCUT2D eigenvalue weighted by Crippen LogP contribution is -2.40. The molecule has 0 spiro atoms. The lowest BCUT2D eigenvalue weighted by atomic mass is 10.1. The highest BCUT2D eigenvalue weighted by atomic mass is 35.5. The molecule has 1 heterocycles. The Morgan fingerprint density at radius 2 is 1.93 bits per heavy atom. The van der Waals surface area contributed by atoms with Crippen LogP contribution in [0, 0.1) is 0 Å². The Kier molecular flexibility index (Phi) is 6.18. The molecule has 10 heteroatoms. The van der Waals surface area contributed by atoms with E-state index in [0.717, 1.165) is 18.4 Å². The number of nitrogens with one attached hydrogen (secondary N) is 2. The van der Waals surface area contributed by atoms with E-state index in [2.05, 4.69) is 10.6 Å². The van der Waals surface area contributed by atoms with Crippen LogP contribution in [0.1, 0.15) is 32.6 Å². The van der Waals surface area contributed by atoms with Crippen molar-refractivity contribution in [2.45, 2.75) is 49.6 Å². The number of hydrogen-bond acceptors (Lipinski definition) is 5. The number of aliphatic hydroxyl groups excluding tert-OH is 1. The van der Waals surface area contributed by atoms with E-state index in [0.29, 0.717) is 12.8 Å². The van der Waals surface area contributed by atoms with Gasteiger partial charge in [-0.1, -0.05) is 23.3 Å². The van der Waals surface area contributed by atoms with Crippen molar-refractivity contribution in [1.82, 2.24) is 9.62 Å². The summed E-state index contributed by atoms with van der Waals surface area (Å²) in [6.45, 7) is 2.19. The van der Waals surface area contributed by atoms with Crippen molar-refractivity contribution >= 4 is 33.3 Å². The number of sulfonamides is 1. The van der Waals surface area contributed by atoms with Gasteiger partial charge in [0.1, 0.15) is 4.90 Å². The number of phenols is 1. The minimum absolute atomic E-state index is 0.0443. The monoisotopic (exact) mass is 429 g/mol. The summed E-state index contributed by atoms with van der Waals surface area (Å²) in [5.41, 5.74) is 1.02. The summed E-state index contributed by atoms with van der Waals surface area (Å²) >= 11 is 6.08. The quantitative estimate of drug-likeness (QED) is 0.433. The van der Waals surface area contributed by atoms with Gasteiger partial charge in [0.2, 0.25) is 10.0 Å². The Hall–Kier alpha value is -1.81. The first-order chi connectivity index (χ1) is 13.2. The zero-order chi connectivity index (χ0) is 20.5. The highest BCUT2D eigenvalue weighted by Gasteiger charge is 2.33. The molecule has 0 saturated carbocycles. The third kappa shape index (κ3) is 4.27. The number of rotatable bonds is 4. The van der Waals surface area contributed by atoms with Crippen molar-refractivity contribution in [2.75, 3.05) is 18.4 Å². The Bertz CT molecular complexity index is 895. The molecule has 1 saturated heterocycles. The molecule has 1 aliphatic heterocycles. The molecule has 1 aliphatic carbocycles. The van der Waals surface area contributed by atoms with Crippen molar-refractivity contribution in [2.24, 2.45) is 0 Å². The van der Waals surface area contributed by atoms with Crippen molar-refractivity contribution < 1.29 is 23.4 Å². The first-order valence-corrected chi connectivity index (χ1v) is 11.0. The van der Waals surface area contributed by atoms with E-state index < -0.39 is 32.8 Å². The molecule has 3 rings (SSSR count). The summed E-state index contributed by atoms with van der Waals surface area (Å²) in [6.07, 6.45) is 3.81. The van der Waals surface area contributed by atoms with Crippen LogP contribution in [0.2, 0.25) is 5.02 Å². The fourth-order valence-electron chi connectivity index (χ4n) is 3.45. The molecule has 4 N–H and O–H groups in total. The van der Waals surface area contributed by atoms with Gasteiger partial charge >= 0.3 is 6.03 Å². The second-order valence-corrected chi connectivity index (χ2v) is 9.37. The Labute approximate surface area is 169 Å². The van der Waals surface area contributed by atoms with Gasteiger partial charge in [-0.05, 0) is 44.7 Å². The molecule has 1 unspecified atom stereocenters. The highest BCUT2D eigenvalue weighted by molar-refractivity contribution is 7.89. The molecule has 0 aromatic heterocycles. The molecule has 8 nitrogen and oxygen atoms in total. The predicted molar refractivity (Wildman–Crippen MR) is 106 cm³/mol. The van der Waals surface area contributed by atoms with E-state index >= 15 is 0 Å². The number of carbonyl (C=O) groups is 1. The molecule has 1 aromatic carbocycles. The molecule has 0 bridgehead atoms. The largest absolute Gasteiger partial charge is 0.504 e. The standard InChI is InChI=1S/C18H24ClN3O5S/c1-11-3-2-4-14(11)20-18(25)21-15-6-5-13(19)17(16(15)24)28(26,27)22-9-7-12(23)8-10-22/h3,5-6,12,14,23-24H,2,4,7-10H2,1H3,(H2,20,21,25). The fraction of sp³-hybridized carbons (Fsp3) is 0.500. The zero-order valence-corrected chi connectivity index (χ0v) is 17.1. The van der Waals surface area contributed by atoms with Crippen LogP contribution < -0.4 is 10.6 Å². The number of allylic oxidation sites excluding steroid dienone is 1. The number of hydrogen-bond donors (Lipinski definition) is 4. The maximum absolute atomic E-state index is 13.0. The maximum Gasteiger partial charge on any atom is 0.319 e. The fourth-order valence-corrected chi connectivity index (χ4v) is 5.52. The molecular formula is C18H24ClN3O5S. The second kappa shape index (κ2) is 8.28. The van der Waals surface area contributed by atoms with Gasteiger partial charge in [0.15, 0.2) is 5.75 Å². The van der Waals surface area contributed by atoms with Crippen molar-refractivity contribution in [3.05, 3.63) is 28.8 Å². The van der Waals surface area contributed by atoms with Crippen LogP contribution in [0.5, 0.6) is 5.75 Å². The minimum Gasteiger partial charge on any atom is -0.504 e. The second-order valence-electron chi connectivity index (χ2n) is 7.08. The summed E-state index contributed by atoms with van der Waals surface area (Å²) in [4.78, 5) is 11.8. The first kappa shape index (κ1) is 20.9. The predicted octanol–water partition coefficient (Wildman–Crippen LogP) is 2.42. The molecule has 0 radical (unpaired) electrons. The Morgan fingerprint density at radius 1 is 1.25 bits per heavy atom. The lowest BCUT2D eigenvalue weighted by molar-refractivity contribution is 0.113. The number of amides is 2. The molecule has 2 amide bonds. The number of carbonyl (C=O) groups excluding carboxylic acids is 1. The Morgan fingerprint density at radius 3 is 2.54 bits per heavy atom. The van der Waals surface area contributed by atoms with E-state index in [1.807, 2.05) is 13.0 Å². The van der Waals surface area contributed by atoms with E-state index in [1.54, 1.807) is 0 Å². The number of halogens is 1. The number of nitrogens with zero attached hydrogens (tertiary/aromatic N) is 1. The third-order valence-electron chi connectivity index (χ3n) is 5.13. The normalized spacial score (nSPS) is 21.4. The van der Waals surface area contributed by atoms with Crippen molar-refractivity contribution in [3.8, 4) is 5.75 Å². The van der Waals surface area contributed by atoms with Crippen LogP contribution >= 0.6 is 11.6 Å². The van der Waals surface area contributed by atoms with Gasteiger partial charge in [0, 0.05) is 13.1 Å². The molecule has 2 aliphatic rings. The van der Waals surface area contributed by atoms with Gasteiger partial charge in [-0.3, -0.25) is 0 Å². The van der Waals surface area contributed by atoms with E-state index in [1.165, 1.54) is 16.4 Å². The average Bonchev–Trinajstić information content (AvgIpc) is 3.02. The van der Waals surface area contributed by atoms with Gasteiger partial charge in [0.05, 0.1) is 22.9 Å². The number of urea groups is 1. The zero-order valence-electron chi connectivity index (χ0n) is 15.5. The molecule has 28 heavy (non-hydrogen) atoms. The summed E-state index contributed by atoms with van der Waals surface area (Å²) in [5, 5.41) is 25.3. The number of anilines is 1. The van der Waals surface area contributed by atoms with Crippen LogP contribution in [0.4, 0.5) is 10.5 Å². The number of aromatic hydroxyl groups is 1. The smallest absolute Gasteiger partial charge is 0.319 e. The van der Waals surface area contributed by atoms with Crippen LogP contribution in [0.15, 0.2) is 28.7 Å². The summed E-state index contributed by atoms with van der Waals surface area (Å²) in [5.74, 6) is -0.604. The van der Waals surface area contributed by atoms with E-state index in [4.69, 9.17) is 11.6 Å². The highest BCUT2D eigenvalue weighted by Crippen LogP contribution is 2.39. The van der Waals surface area contributed by atoms with Gasteiger partial charge < -0.3 is 20.8 Å². The van der Waals surface area contributed by atoms with E-state index in [9.17, 15) is 23.4 Å². The third-order valence-corrected chi connectivity index (χ3v) is 7.53. The number of piperidine rings is 1. The van der Waals surface area contributed by atoms with Gasteiger partial charge in [-0.15, -0.1) is 0 Å². The van der Waals surface area contributed by atoms with Crippen molar-refractivity contribution in [1.29, 1.82) is 0 Å². The SMILES string of the molecule is CC1=CCCC1NC(=O)Nc1ccc(Cl)c(S(=O)(=O)N2CCC(O)CC2)c1O. The van der Waals surface area contributed by atoms with Crippen molar-refractivity contribution in [3.63, 3.8) is 0 Å². The molecule has 1 fully saturated rings.